The van der Waals surface area contributed by atoms with Crippen molar-refractivity contribution in [1.29, 1.82) is 0 Å². The standard InChI is InChI=1S/C14H26N2O/c1-11-3-4-12(2)16(11)14(17)6-5-13-7-9-15-10-8-13/h11-13,15H,3-10H2,1-2H3. The van der Waals surface area contributed by atoms with E-state index in [1.165, 1.54) is 25.7 Å². The normalized spacial score (nSPS) is 30.8. The average Bonchev–Trinajstić information content (AvgIpc) is 2.67. The summed E-state index contributed by atoms with van der Waals surface area (Å²) in [5.41, 5.74) is 0. The van der Waals surface area contributed by atoms with Gasteiger partial charge in [0.15, 0.2) is 0 Å². The van der Waals surface area contributed by atoms with Crippen molar-refractivity contribution in [3.8, 4) is 0 Å². The fourth-order valence-electron chi connectivity index (χ4n) is 3.31. The van der Waals surface area contributed by atoms with Gasteiger partial charge in [0.25, 0.3) is 0 Å². The van der Waals surface area contributed by atoms with Crippen molar-refractivity contribution in [2.75, 3.05) is 13.1 Å². The van der Waals surface area contributed by atoms with E-state index < -0.39 is 0 Å². The highest BCUT2D eigenvalue weighted by Crippen LogP contribution is 2.26. The van der Waals surface area contributed by atoms with E-state index in [4.69, 9.17) is 0 Å². The minimum Gasteiger partial charge on any atom is -0.337 e. The Balaban J connectivity index is 1.76. The molecule has 17 heavy (non-hydrogen) atoms. The van der Waals surface area contributed by atoms with Crippen LogP contribution in [0.25, 0.3) is 0 Å². The molecule has 2 rings (SSSR count). The number of rotatable bonds is 3. The van der Waals surface area contributed by atoms with Crippen molar-refractivity contribution < 1.29 is 4.79 Å². The summed E-state index contributed by atoms with van der Waals surface area (Å²) in [7, 11) is 0. The van der Waals surface area contributed by atoms with Crippen LogP contribution in [0, 0.1) is 5.92 Å². The quantitative estimate of drug-likeness (QED) is 0.817. The van der Waals surface area contributed by atoms with E-state index in [0.717, 1.165) is 31.8 Å². The second kappa shape index (κ2) is 5.85. The van der Waals surface area contributed by atoms with Crippen molar-refractivity contribution in [2.45, 2.75) is 64.5 Å². The summed E-state index contributed by atoms with van der Waals surface area (Å²) >= 11 is 0. The second-order valence-electron chi connectivity index (χ2n) is 5.81. The SMILES string of the molecule is CC1CCC(C)N1C(=O)CCC1CCNCC1. The number of piperidine rings is 1. The molecule has 2 aliphatic heterocycles. The third kappa shape index (κ3) is 3.21. The highest BCUT2D eigenvalue weighted by molar-refractivity contribution is 5.77. The van der Waals surface area contributed by atoms with Gasteiger partial charge in [0.2, 0.25) is 5.91 Å². The molecule has 0 radical (unpaired) electrons. The monoisotopic (exact) mass is 238 g/mol. The zero-order chi connectivity index (χ0) is 12.3. The summed E-state index contributed by atoms with van der Waals surface area (Å²) in [5, 5.41) is 3.38. The Kier molecular flexibility index (Phi) is 4.43. The second-order valence-corrected chi connectivity index (χ2v) is 5.81. The molecule has 2 unspecified atom stereocenters. The molecule has 2 heterocycles. The first-order valence-corrected chi connectivity index (χ1v) is 7.20. The van der Waals surface area contributed by atoms with E-state index in [1.54, 1.807) is 0 Å². The zero-order valence-corrected chi connectivity index (χ0v) is 11.2. The van der Waals surface area contributed by atoms with Gasteiger partial charge in [-0.25, -0.2) is 0 Å². The topological polar surface area (TPSA) is 32.3 Å². The van der Waals surface area contributed by atoms with Gasteiger partial charge in [-0.15, -0.1) is 0 Å². The first kappa shape index (κ1) is 12.9. The number of hydrogen-bond donors (Lipinski definition) is 1. The number of nitrogens with one attached hydrogen (secondary N) is 1. The van der Waals surface area contributed by atoms with Crippen LogP contribution in [0.4, 0.5) is 0 Å². The molecule has 0 aliphatic carbocycles. The summed E-state index contributed by atoms with van der Waals surface area (Å²) in [5.74, 6) is 1.16. The molecule has 0 aromatic rings. The Bertz CT molecular complexity index is 251. The van der Waals surface area contributed by atoms with Crippen LogP contribution in [0.15, 0.2) is 0 Å². The molecule has 98 valence electrons. The van der Waals surface area contributed by atoms with Crippen molar-refractivity contribution in [1.82, 2.24) is 10.2 Å². The number of carbonyl (C=O) groups is 1. The number of nitrogens with zero attached hydrogens (tertiary/aromatic N) is 1. The smallest absolute Gasteiger partial charge is 0.223 e. The summed E-state index contributed by atoms with van der Waals surface area (Å²) in [6, 6.07) is 0.927. The van der Waals surface area contributed by atoms with E-state index in [9.17, 15) is 4.79 Å². The van der Waals surface area contributed by atoms with Crippen LogP contribution in [0.2, 0.25) is 0 Å². The molecule has 0 aromatic heterocycles. The lowest BCUT2D eigenvalue weighted by Crippen LogP contribution is -2.38. The Hall–Kier alpha value is -0.570. The Labute approximate surface area is 105 Å². The average molecular weight is 238 g/mol. The minimum absolute atomic E-state index is 0.390. The molecule has 1 N–H and O–H groups in total. The maximum Gasteiger partial charge on any atom is 0.223 e. The zero-order valence-electron chi connectivity index (χ0n) is 11.2. The van der Waals surface area contributed by atoms with Gasteiger partial charge >= 0.3 is 0 Å². The highest BCUT2D eigenvalue weighted by atomic mass is 16.2. The molecule has 2 atom stereocenters. The fourth-order valence-corrected chi connectivity index (χ4v) is 3.31. The van der Waals surface area contributed by atoms with Crippen molar-refractivity contribution >= 4 is 5.91 Å². The van der Waals surface area contributed by atoms with Gasteiger partial charge in [0, 0.05) is 18.5 Å². The summed E-state index contributed by atoms with van der Waals surface area (Å²) < 4.78 is 0. The predicted molar refractivity (Wildman–Crippen MR) is 69.8 cm³/mol. The minimum atomic E-state index is 0.390. The Morgan fingerprint density at radius 3 is 2.29 bits per heavy atom. The van der Waals surface area contributed by atoms with Crippen LogP contribution < -0.4 is 5.32 Å². The Morgan fingerprint density at radius 2 is 1.71 bits per heavy atom. The molecule has 0 aromatic carbocycles. The van der Waals surface area contributed by atoms with Gasteiger partial charge in [-0.1, -0.05) is 0 Å². The molecule has 2 saturated heterocycles. The molecule has 0 saturated carbocycles. The highest BCUT2D eigenvalue weighted by Gasteiger charge is 2.31. The Morgan fingerprint density at radius 1 is 1.12 bits per heavy atom. The predicted octanol–water partition coefficient (Wildman–Crippen LogP) is 2.17. The summed E-state index contributed by atoms with van der Waals surface area (Å²) in [6.45, 7) is 6.64. The molecule has 0 bridgehead atoms. The molecule has 2 fully saturated rings. The third-order valence-corrected chi connectivity index (χ3v) is 4.47. The van der Waals surface area contributed by atoms with E-state index in [-0.39, 0.29) is 0 Å². The van der Waals surface area contributed by atoms with E-state index in [0.29, 0.717) is 18.0 Å². The molecule has 3 nitrogen and oxygen atoms in total. The molecule has 0 spiro atoms. The molecular formula is C14H26N2O. The largest absolute Gasteiger partial charge is 0.337 e. The first-order valence-electron chi connectivity index (χ1n) is 7.20. The van der Waals surface area contributed by atoms with Crippen LogP contribution in [0.3, 0.4) is 0 Å². The molecule has 1 amide bonds. The van der Waals surface area contributed by atoms with Crippen LogP contribution in [-0.4, -0.2) is 36.0 Å². The lowest BCUT2D eigenvalue weighted by Gasteiger charge is -2.28. The van der Waals surface area contributed by atoms with Crippen LogP contribution in [0.5, 0.6) is 0 Å². The lowest BCUT2D eigenvalue weighted by atomic mass is 9.93. The van der Waals surface area contributed by atoms with Gasteiger partial charge in [-0.2, -0.15) is 0 Å². The first-order chi connectivity index (χ1) is 8.18. The van der Waals surface area contributed by atoms with Crippen LogP contribution in [0.1, 0.15) is 52.4 Å². The van der Waals surface area contributed by atoms with E-state index in [2.05, 4.69) is 24.1 Å². The number of hydrogen-bond acceptors (Lipinski definition) is 2. The lowest BCUT2D eigenvalue weighted by molar-refractivity contribution is -0.133. The van der Waals surface area contributed by atoms with Gasteiger partial charge in [0.05, 0.1) is 0 Å². The fraction of sp³-hybridized carbons (Fsp3) is 0.929. The third-order valence-electron chi connectivity index (χ3n) is 4.47. The summed E-state index contributed by atoms with van der Waals surface area (Å²) in [4.78, 5) is 14.3. The van der Waals surface area contributed by atoms with Crippen molar-refractivity contribution in [3.05, 3.63) is 0 Å². The molecule has 2 aliphatic rings. The number of carbonyl (C=O) groups excluding carboxylic acids is 1. The van der Waals surface area contributed by atoms with Crippen molar-refractivity contribution in [3.63, 3.8) is 0 Å². The molecular weight excluding hydrogens is 212 g/mol. The number of likely N-dealkylation sites (tertiary alicyclic amines) is 1. The van der Waals surface area contributed by atoms with E-state index >= 15 is 0 Å². The summed E-state index contributed by atoms with van der Waals surface area (Å²) in [6.07, 6.45) is 6.72. The van der Waals surface area contributed by atoms with Gasteiger partial charge < -0.3 is 10.2 Å². The van der Waals surface area contributed by atoms with Crippen LogP contribution in [-0.2, 0) is 4.79 Å². The molecule has 3 heteroatoms. The van der Waals surface area contributed by atoms with Crippen molar-refractivity contribution in [2.24, 2.45) is 5.92 Å². The maximum absolute atomic E-state index is 12.2. The van der Waals surface area contributed by atoms with Gasteiger partial charge in [-0.3, -0.25) is 4.79 Å². The number of amides is 1. The maximum atomic E-state index is 12.2. The van der Waals surface area contributed by atoms with Gasteiger partial charge in [0.1, 0.15) is 0 Å². The van der Waals surface area contributed by atoms with E-state index in [1.807, 2.05) is 0 Å². The van der Waals surface area contributed by atoms with Crippen LogP contribution >= 0.6 is 0 Å². The van der Waals surface area contributed by atoms with Gasteiger partial charge in [-0.05, 0) is 65.0 Å².